The van der Waals surface area contributed by atoms with Crippen molar-refractivity contribution in [1.82, 2.24) is 0 Å². The third-order valence-corrected chi connectivity index (χ3v) is 3.36. The van der Waals surface area contributed by atoms with Crippen LogP contribution in [0.3, 0.4) is 0 Å². The van der Waals surface area contributed by atoms with Gasteiger partial charge in [-0.3, -0.25) is 0 Å². The first kappa shape index (κ1) is 16.0. The fourth-order valence-electron chi connectivity index (χ4n) is 1.94. The second kappa shape index (κ2) is 10.1. The summed E-state index contributed by atoms with van der Waals surface area (Å²) in [5.41, 5.74) is -0.527. The summed E-state index contributed by atoms with van der Waals surface area (Å²) in [6.45, 7) is 7.92. The molecule has 0 rings (SSSR count). The molecule has 0 aromatic carbocycles. The number of aliphatic hydroxyl groups is 1. The Labute approximate surface area is 103 Å². The van der Waals surface area contributed by atoms with E-state index in [0.29, 0.717) is 6.42 Å². The van der Waals surface area contributed by atoms with E-state index in [1.807, 2.05) is 6.92 Å². The first-order chi connectivity index (χ1) is 7.62. The largest absolute Gasteiger partial charge is 0.390 e. The van der Waals surface area contributed by atoms with Crippen LogP contribution in [0.4, 0.5) is 0 Å². The standard InChI is InChI=1S/C15H31O/c1-4-6-7-8-9-10-11-12-13-14-15(3,16)5-2/h16H,2,4-14H2,1,3H3. The summed E-state index contributed by atoms with van der Waals surface area (Å²) in [4.78, 5) is 0. The van der Waals surface area contributed by atoms with E-state index in [1.54, 1.807) is 0 Å². The first-order valence-electron chi connectivity index (χ1n) is 7.14. The van der Waals surface area contributed by atoms with Crippen LogP contribution in [0.2, 0.25) is 0 Å². The van der Waals surface area contributed by atoms with Gasteiger partial charge in [0.2, 0.25) is 0 Å². The highest BCUT2D eigenvalue weighted by atomic mass is 16.3. The highest BCUT2D eigenvalue weighted by Crippen LogP contribution is 2.18. The zero-order chi connectivity index (χ0) is 12.3. The Hall–Kier alpha value is -0.0400. The van der Waals surface area contributed by atoms with Crippen molar-refractivity contribution in [2.45, 2.75) is 90.1 Å². The van der Waals surface area contributed by atoms with E-state index in [2.05, 4.69) is 13.8 Å². The van der Waals surface area contributed by atoms with Crippen molar-refractivity contribution in [3.8, 4) is 0 Å². The fourth-order valence-corrected chi connectivity index (χ4v) is 1.94. The smallest absolute Gasteiger partial charge is 0.0619 e. The SMILES string of the molecule is [CH2]CC(C)(O)CCCCCCCCCCC. The highest BCUT2D eigenvalue weighted by molar-refractivity contribution is 4.72. The number of rotatable bonds is 11. The van der Waals surface area contributed by atoms with Crippen LogP contribution in [-0.2, 0) is 0 Å². The Morgan fingerprint density at radius 1 is 0.875 bits per heavy atom. The third-order valence-electron chi connectivity index (χ3n) is 3.36. The van der Waals surface area contributed by atoms with Crippen LogP contribution in [0, 0.1) is 6.92 Å². The normalized spacial score (nSPS) is 15.0. The lowest BCUT2D eigenvalue weighted by Crippen LogP contribution is -2.22. The Kier molecular flexibility index (Phi) is 10.1. The van der Waals surface area contributed by atoms with E-state index in [1.165, 1.54) is 51.4 Å². The molecule has 0 spiro atoms. The lowest BCUT2D eigenvalue weighted by Gasteiger charge is -2.20. The van der Waals surface area contributed by atoms with Crippen LogP contribution in [0.5, 0.6) is 0 Å². The molecule has 0 aliphatic heterocycles. The van der Waals surface area contributed by atoms with Crippen molar-refractivity contribution in [3.05, 3.63) is 6.92 Å². The van der Waals surface area contributed by atoms with E-state index in [-0.39, 0.29) is 0 Å². The van der Waals surface area contributed by atoms with Crippen molar-refractivity contribution in [3.63, 3.8) is 0 Å². The number of hydrogen-bond acceptors (Lipinski definition) is 1. The third kappa shape index (κ3) is 10.5. The molecule has 0 saturated heterocycles. The molecule has 1 radical (unpaired) electrons. The average molecular weight is 227 g/mol. The minimum atomic E-state index is -0.527. The monoisotopic (exact) mass is 227 g/mol. The number of hydrogen-bond donors (Lipinski definition) is 1. The summed E-state index contributed by atoms with van der Waals surface area (Å²) < 4.78 is 0. The van der Waals surface area contributed by atoms with E-state index in [4.69, 9.17) is 0 Å². The van der Waals surface area contributed by atoms with Gasteiger partial charge < -0.3 is 5.11 Å². The van der Waals surface area contributed by atoms with Gasteiger partial charge in [-0.25, -0.2) is 0 Å². The second-order valence-electron chi connectivity index (χ2n) is 5.33. The molecule has 0 fully saturated rings. The first-order valence-corrected chi connectivity index (χ1v) is 7.14. The van der Waals surface area contributed by atoms with Crippen LogP contribution in [-0.4, -0.2) is 10.7 Å². The van der Waals surface area contributed by atoms with Gasteiger partial charge in [-0.05, 0) is 19.8 Å². The molecule has 1 atom stereocenters. The van der Waals surface area contributed by atoms with Gasteiger partial charge in [0.15, 0.2) is 0 Å². The van der Waals surface area contributed by atoms with Gasteiger partial charge >= 0.3 is 0 Å². The predicted molar refractivity (Wildman–Crippen MR) is 72.4 cm³/mol. The zero-order valence-electron chi connectivity index (χ0n) is 11.4. The molecule has 0 amide bonds. The summed E-state index contributed by atoms with van der Waals surface area (Å²) in [6.07, 6.45) is 13.6. The van der Waals surface area contributed by atoms with Gasteiger partial charge in [-0.1, -0.05) is 71.6 Å². The molecule has 97 valence electrons. The van der Waals surface area contributed by atoms with E-state index in [0.717, 1.165) is 12.8 Å². The van der Waals surface area contributed by atoms with E-state index >= 15 is 0 Å². The van der Waals surface area contributed by atoms with Gasteiger partial charge in [-0.2, -0.15) is 0 Å². The van der Waals surface area contributed by atoms with Gasteiger partial charge in [0.1, 0.15) is 0 Å². The molecule has 1 unspecified atom stereocenters. The predicted octanol–water partition coefficient (Wildman–Crippen LogP) is 4.88. The van der Waals surface area contributed by atoms with Gasteiger partial charge in [0.05, 0.1) is 5.60 Å². The van der Waals surface area contributed by atoms with Gasteiger partial charge in [0.25, 0.3) is 0 Å². The minimum Gasteiger partial charge on any atom is -0.390 e. The Morgan fingerprint density at radius 3 is 1.75 bits per heavy atom. The Balaban J connectivity index is 3.10. The molecule has 1 N–H and O–H groups in total. The maximum absolute atomic E-state index is 9.76. The summed E-state index contributed by atoms with van der Waals surface area (Å²) in [5.74, 6) is 0. The maximum atomic E-state index is 9.76. The van der Waals surface area contributed by atoms with Crippen molar-refractivity contribution < 1.29 is 5.11 Å². The van der Waals surface area contributed by atoms with Crippen molar-refractivity contribution in [2.24, 2.45) is 0 Å². The van der Waals surface area contributed by atoms with Gasteiger partial charge in [0, 0.05) is 0 Å². The molecule has 1 nitrogen and oxygen atoms in total. The number of unbranched alkanes of at least 4 members (excludes halogenated alkanes) is 8. The van der Waals surface area contributed by atoms with Crippen LogP contribution < -0.4 is 0 Å². The zero-order valence-corrected chi connectivity index (χ0v) is 11.4. The van der Waals surface area contributed by atoms with E-state index < -0.39 is 5.60 Å². The lowest BCUT2D eigenvalue weighted by molar-refractivity contribution is 0.0505. The molecule has 0 aromatic rings. The molecule has 16 heavy (non-hydrogen) atoms. The topological polar surface area (TPSA) is 20.2 Å². The summed E-state index contributed by atoms with van der Waals surface area (Å²) in [6, 6.07) is 0. The van der Waals surface area contributed by atoms with Crippen molar-refractivity contribution in [2.75, 3.05) is 0 Å². The second-order valence-corrected chi connectivity index (χ2v) is 5.33. The quantitative estimate of drug-likeness (QED) is 0.499. The van der Waals surface area contributed by atoms with Gasteiger partial charge in [-0.15, -0.1) is 0 Å². The molecule has 0 heterocycles. The molecule has 0 saturated carbocycles. The molecule has 1 heteroatoms. The van der Waals surface area contributed by atoms with Crippen LogP contribution in [0.15, 0.2) is 0 Å². The Morgan fingerprint density at radius 2 is 1.31 bits per heavy atom. The van der Waals surface area contributed by atoms with Crippen LogP contribution in [0.1, 0.15) is 84.5 Å². The average Bonchev–Trinajstić information content (AvgIpc) is 2.27. The van der Waals surface area contributed by atoms with Crippen LogP contribution >= 0.6 is 0 Å². The molecule has 0 bridgehead atoms. The molecular weight excluding hydrogens is 196 g/mol. The van der Waals surface area contributed by atoms with Crippen molar-refractivity contribution in [1.29, 1.82) is 0 Å². The summed E-state index contributed by atoms with van der Waals surface area (Å²) in [7, 11) is 0. The van der Waals surface area contributed by atoms with Crippen LogP contribution in [0.25, 0.3) is 0 Å². The van der Waals surface area contributed by atoms with Crippen molar-refractivity contribution >= 4 is 0 Å². The lowest BCUT2D eigenvalue weighted by atomic mass is 9.95. The summed E-state index contributed by atoms with van der Waals surface area (Å²) >= 11 is 0. The molecular formula is C15H31O. The fraction of sp³-hybridized carbons (Fsp3) is 0.933. The molecule has 0 aliphatic carbocycles. The highest BCUT2D eigenvalue weighted by Gasteiger charge is 2.15. The maximum Gasteiger partial charge on any atom is 0.0619 e. The van der Waals surface area contributed by atoms with E-state index in [9.17, 15) is 5.11 Å². The minimum absolute atomic E-state index is 0.527. The summed E-state index contributed by atoms with van der Waals surface area (Å²) in [5, 5.41) is 9.76. The Bertz CT molecular complexity index is 140. The molecule has 0 aliphatic rings. The molecule has 0 aromatic heterocycles.